The normalized spacial score (nSPS) is 16.4. The monoisotopic (exact) mass is 182 g/mol. The summed E-state index contributed by atoms with van der Waals surface area (Å²) in [7, 11) is 1.61. The molecule has 13 heavy (non-hydrogen) atoms. The van der Waals surface area contributed by atoms with Crippen LogP contribution in [-0.4, -0.2) is 24.9 Å². The van der Waals surface area contributed by atoms with Gasteiger partial charge in [0.1, 0.15) is 6.10 Å². The number of methoxy groups -OCH3 is 1. The van der Waals surface area contributed by atoms with Crippen molar-refractivity contribution in [2.75, 3.05) is 13.7 Å². The van der Waals surface area contributed by atoms with Crippen molar-refractivity contribution < 1.29 is 9.84 Å². The van der Waals surface area contributed by atoms with Crippen molar-refractivity contribution in [3.05, 3.63) is 11.6 Å². The molecule has 0 bridgehead atoms. The lowest BCUT2D eigenvalue weighted by Gasteiger charge is -2.17. The van der Waals surface area contributed by atoms with Crippen molar-refractivity contribution in [3.8, 4) is 12.3 Å². The molecule has 0 rings (SSSR count). The van der Waals surface area contributed by atoms with Crippen molar-refractivity contribution in [1.29, 1.82) is 0 Å². The van der Waals surface area contributed by atoms with Crippen LogP contribution >= 0.6 is 0 Å². The summed E-state index contributed by atoms with van der Waals surface area (Å²) < 4.78 is 5.14. The Bertz CT molecular complexity index is 201. The first-order valence-electron chi connectivity index (χ1n) is 4.46. The van der Waals surface area contributed by atoms with Gasteiger partial charge >= 0.3 is 0 Å². The van der Waals surface area contributed by atoms with Crippen molar-refractivity contribution in [2.24, 2.45) is 5.92 Å². The molecule has 0 aliphatic carbocycles. The number of aliphatic hydroxyl groups excluding tert-OH is 1. The Balaban J connectivity index is 4.42. The Morgan fingerprint density at radius 1 is 1.69 bits per heavy atom. The quantitative estimate of drug-likeness (QED) is 0.517. The smallest absolute Gasteiger partial charge is 0.123 e. The van der Waals surface area contributed by atoms with Gasteiger partial charge in [-0.25, -0.2) is 0 Å². The Hall–Kier alpha value is -0.780. The van der Waals surface area contributed by atoms with Crippen LogP contribution in [0.1, 0.15) is 20.3 Å². The van der Waals surface area contributed by atoms with E-state index in [4.69, 9.17) is 16.3 Å². The number of hydrogen-bond acceptors (Lipinski definition) is 2. The molecule has 0 saturated carbocycles. The molecule has 0 heterocycles. The molecule has 0 amide bonds. The lowest BCUT2D eigenvalue weighted by molar-refractivity contribution is 0.112. The van der Waals surface area contributed by atoms with E-state index in [2.05, 4.69) is 12.8 Å². The standard InChI is InChI=1S/C11H18O2/c1-5-10(7-9(3)8-12)11(6-2)13-4/h2,7,10-12H,5,8H2,1,3-4H3/b9-7-/t10-,11-/m1/s1. The van der Waals surface area contributed by atoms with Crippen LogP contribution in [0.5, 0.6) is 0 Å². The molecule has 0 spiro atoms. The summed E-state index contributed by atoms with van der Waals surface area (Å²) in [4.78, 5) is 0. The van der Waals surface area contributed by atoms with Crippen molar-refractivity contribution in [1.82, 2.24) is 0 Å². The first-order valence-corrected chi connectivity index (χ1v) is 4.46. The van der Waals surface area contributed by atoms with Gasteiger partial charge in [-0.15, -0.1) is 6.42 Å². The van der Waals surface area contributed by atoms with Crippen molar-refractivity contribution in [2.45, 2.75) is 26.4 Å². The van der Waals surface area contributed by atoms with Crippen LogP contribution < -0.4 is 0 Å². The van der Waals surface area contributed by atoms with E-state index in [0.717, 1.165) is 12.0 Å². The SMILES string of the molecule is C#C[C@@H](OC)[C@@H](/C=C(/C)CO)CC. The highest BCUT2D eigenvalue weighted by atomic mass is 16.5. The number of ether oxygens (including phenoxy) is 1. The molecule has 0 aliphatic heterocycles. The van der Waals surface area contributed by atoms with E-state index < -0.39 is 0 Å². The molecule has 2 atom stereocenters. The van der Waals surface area contributed by atoms with Crippen LogP contribution in [0, 0.1) is 18.3 Å². The maximum Gasteiger partial charge on any atom is 0.123 e. The van der Waals surface area contributed by atoms with E-state index in [1.54, 1.807) is 7.11 Å². The third-order valence-electron chi connectivity index (χ3n) is 2.03. The highest BCUT2D eigenvalue weighted by Gasteiger charge is 2.14. The van der Waals surface area contributed by atoms with E-state index in [9.17, 15) is 0 Å². The van der Waals surface area contributed by atoms with Gasteiger partial charge in [-0.2, -0.15) is 0 Å². The second-order valence-corrected chi connectivity index (χ2v) is 3.07. The maximum atomic E-state index is 8.85. The Labute approximate surface area is 80.6 Å². The van der Waals surface area contributed by atoms with Crippen LogP contribution in [0.4, 0.5) is 0 Å². The maximum absolute atomic E-state index is 8.85. The van der Waals surface area contributed by atoms with Crippen molar-refractivity contribution in [3.63, 3.8) is 0 Å². The van der Waals surface area contributed by atoms with Gasteiger partial charge in [-0.1, -0.05) is 24.5 Å². The Morgan fingerprint density at radius 2 is 2.31 bits per heavy atom. The fourth-order valence-electron chi connectivity index (χ4n) is 1.20. The first kappa shape index (κ1) is 12.2. The van der Waals surface area contributed by atoms with Crippen LogP contribution in [0.15, 0.2) is 11.6 Å². The predicted octanol–water partition coefficient (Wildman–Crippen LogP) is 1.60. The number of hydrogen-bond donors (Lipinski definition) is 1. The largest absolute Gasteiger partial charge is 0.392 e. The molecule has 2 heteroatoms. The number of terminal acetylenes is 1. The molecule has 0 radical (unpaired) electrons. The van der Waals surface area contributed by atoms with Crippen LogP contribution in [0.3, 0.4) is 0 Å². The predicted molar refractivity (Wildman–Crippen MR) is 54.3 cm³/mol. The summed E-state index contributed by atoms with van der Waals surface area (Å²) in [5.74, 6) is 2.78. The minimum Gasteiger partial charge on any atom is -0.392 e. The van der Waals surface area contributed by atoms with Gasteiger partial charge in [0.15, 0.2) is 0 Å². The average molecular weight is 182 g/mol. The van der Waals surface area contributed by atoms with Gasteiger partial charge in [-0.3, -0.25) is 0 Å². The fraction of sp³-hybridized carbons (Fsp3) is 0.636. The summed E-state index contributed by atoms with van der Waals surface area (Å²) in [6, 6.07) is 0. The van der Waals surface area contributed by atoms with E-state index >= 15 is 0 Å². The van der Waals surface area contributed by atoms with E-state index in [1.807, 2.05) is 13.0 Å². The summed E-state index contributed by atoms with van der Waals surface area (Å²) in [5.41, 5.74) is 0.934. The van der Waals surface area contributed by atoms with Gasteiger partial charge in [-0.05, 0) is 13.3 Å². The highest BCUT2D eigenvalue weighted by molar-refractivity contribution is 5.09. The summed E-state index contributed by atoms with van der Waals surface area (Å²) in [6.07, 6.45) is 8.02. The zero-order chi connectivity index (χ0) is 10.3. The molecular weight excluding hydrogens is 164 g/mol. The molecule has 0 aromatic heterocycles. The molecule has 0 aliphatic rings. The summed E-state index contributed by atoms with van der Waals surface area (Å²) in [5, 5.41) is 8.85. The van der Waals surface area contributed by atoms with E-state index in [1.165, 1.54) is 0 Å². The van der Waals surface area contributed by atoms with Crippen LogP contribution in [0.2, 0.25) is 0 Å². The third-order valence-corrected chi connectivity index (χ3v) is 2.03. The third kappa shape index (κ3) is 4.12. The molecule has 2 nitrogen and oxygen atoms in total. The van der Waals surface area contributed by atoms with Crippen molar-refractivity contribution >= 4 is 0 Å². The lowest BCUT2D eigenvalue weighted by atomic mass is 9.97. The van der Waals surface area contributed by atoms with Gasteiger partial charge in [0, 0.05) is 13.0 Å². The first-order chi connectivity index (χ1) is 6.19. The Kier molecular flexibility index (Phi) is 6.30. The van der Waals surface area contributed by atoms with Crippen LogP contribution in [-0.2, 0) is 4.74 Å². The second-order valence-electron chi connectivity index (χ2n) is 3.07. The fourth-order valence-corrected chi connectivity index (χ4v) is 1.20. The molecule has 0 unspecified atom stereocenters. The zero-order valence-corrected chi connectivity index (χ0v) is 8.58. The Morgan fingerprint density at radius 3 is 2.62 bits per heavy atom. The minimum atomic E-state index is -0.188. The summed E-state index contributed by atoms with van der Waals surface area (Å²) in [6.45, 7) is 4.01. The molecule has 1 N–H and O–H groups in total. The zero-order valence-electron chi connectivity index (χ0n) is 8.58. The molecular formula is C11H18O2. The molecule has 0 aromatic rings. The van der Waals surface area contributed by atoms with E-state index in [-0.39, 0.29) is 18.6 Å². The molecule has 0 aromatic carbocycles. The highest BCUT2D eigenvalue weighted by Crippen LogP contribution is 2.14. The van der Waals surface area contributed by atoms with Crippen LogP contribution in [0.25, 0.3) is 0 Å². The van der Waals surface area contributed by atoms with Gasteiger partial charge < -0.3 is 9.84 Å². The summed E-state index contributed by atoms with van der Waals surface area (Å²) >= 11 is 0. The molecule has 0 fully saturated rings. The van der Waals surface area contributed by atoms with Gasteiger partial charge in [0.05, 0.1) is 6.61 Å². The van der Waals surface area contributed by atoms with Gasteiger partial charge in [0.25, 0.3) is 0 Å². The topological polar surface area (TPSA) is 29.5 Å². The molecule has 0 saturated heterocycles. The minimum absolute atomic E-state index is 0.0809. The molecule has 74 valence electrons. The second kappa shape index (κ2) is 6.71. The van der Waals surface area contributed by atoms with Gasteiger partial charge in [0.2, 0.25) is 0 Å². The lowest BCUT2D eigenvalue weighted by Crippen LogP contribution is -2.19. The number of aliphatic hydroxyl groups is 1. The number of rotatable bonds is 5. The average Bonchev–Trinajstić information content (AvgIpc) is 2.17. The van der Waals surface area contributed by atoms with E-state index in [0.29, 0.717) is 0 Å².